The Morgan fingerprint density at radius 2 is 2.11 bits per heavy atom. The van der Waals surface area contributed by atoms with E-state index in [1.165, 1.54) is 18.2 Å². The molecule has 1 aromatic heterocycles. The summed E-state index contributed by atoms with van der Waals surface area (Å²) in [5, 5.41) is 2.56. The van der Waals surface area contributed by atoms with Crippen molar-refractivity contribution < 1.29 is 18.0 Å². The monoisotopic (exact) mass is 255 g/mol. The number of carbonyl (C=O) groups excluding carboxylic acids is 1. The third-order valence-electron chi connectivity index (χ3n) is 2.89. The number of para-hydroxylation sites is 1. The quantitative estimate of drug-likeness (QED) is 0.780. The lowest BCUT2D eigenvalue weighted by Gasteiger charge is -2.09. The van der Waals surface area contributed by atoms with Crippen molar-refractivity contribution in [1.29, 1.82) is 0 Å². The lowest BCUT2D eigenvalue weighted by atomic mass is 10.2. The number of aromatic nitrogens is 2. The summed E-state index contributed by atoms with van der Waals surface area (Å²) in [6.45, 7) is 0.218. The maximum absolute atomic E-state index is 12.9. The summed E-state index contributed by atoms with van der Waals surface area (Å²) in [6.07, 6.45) is -4.52. The molecule has 0 bridgehead atoms. The summed E-state index contributed by atoms with van der Waals surface area (Å²) >= 11 is 0. The Morgan fingerprint density at radius 1 is 1.33 bits per heavy atom. The second kappa shape index (κ2) is 3.47. The van der Waals surface area contributed by atoms with Gasteiger partial charge in [0.25, 0.3) is 5.91 Å². The molecule has 94 valence electrons. The number of rotatable bonds is 0. The van der Waals surface area contributed by atoms with Crippen LogP contribution in [0.2, 0.25) is 0 Å². The SMILES string of the molecule is O=C1NCCn2c(C(F)(F)F)nc3cccc1c32. The number of nitrogens with zero attached hydrogens (tertiary/aromatic N) is 2. The molecule has 0 aliphatic carbocycles. The zero-order valence-electron chi connectivity index (χ0n) is 9.08. The van der Waals surface area contributed by atoms with Crippen molar-refractivity contribution >= 4 is 16.9 Å². The third-order valence-corrected chi connectivity index (χ3v) is 2.89. The molecule has 0 radical (unpaired) electrons. The molecule has 3 rings (SSSR count). The number of halogens is 3. The lowest BCUT2D eigenvalue weighted by Crippen LogP contribution is -2.25. The molecule has 4 nitrogen and oxygen atoms in total. The van der Waals surface area contributed by atoms with E-state index < -0.39 is 12.0 Å². The molecule has 0 saturated carbocycles. The number of imidazole rings is 1. The van der Waals surface area contributed by atoms with Crippen molar-refractivity contribution in [1.82, 2.24) is 14.9 Å². The molecule has 7 heteroatoms. The second-order valence-corrected chi connectivity index (χ2v) is 4.01. The standard InChI is InChI=1S/C11H8F3N3O/c12-11(13,14)10-16-7-3-1-2-6-8(7)17(10)5-4-15-9(6)18/h1-3H,4-5H2,(H,15,18). The Hall–Kier alpha value is -2.05. The van der Waals surface area contributed by atoms with Gasteiger partial charge >= 0.3 is 6.18 Å². The van der Waals surface area contributed by atoms with Crippen LogP contribution in [0.1, 0.15) is 16.2 Å². The minimum Gasteiger partial charge on any atom is -0.350 e. The van der Waals surface area contributed by atoms with Crippen LogP contribution in [0.25, 0.3) is 11.0 Å². The van der Waals surface area contributed by atoms with Gasteiger partial charge in [-0.05, 0) is 12.1 Å². The Labute approximate surface area is 99.4 Å². The van der Waals surface area contributed by atoms with Gasteiger partial charge in [-0.25, -0.2) is 4.98 Å². The molecule has 0 unspecified atom stereocenters. The lowest BCUT2D eigenvalue weighted by molar-refractivity contribution is -0.146. The van der Waals surface area contributed by atoms with E-state index in [1.807, 2.05) is 0 Å². The molecule has 0 spiro atoms. The Kier molecular flexibility index (Phi) is 2.13. The number of hydrogen-bond donors (Lipinski definition) is 1. The van der Waals surface area contributed by atoms with Crippen LogP contribution in [0.5, 0.6) is 0 Å². The van der Waals surface area contributed by atoms with Crippen LogP contribution in [-0.4, -0.2) is 22.0 Å². The fraction of sp³-hybridized carbons (Fsp3) is 0.273. The van der Waals surface area contributed by atoms with Crippen LogP contribution >= 0.6 is 0 Å². The van der Waals surface area contributed by atoms with Crippen LogP contribution < -0.4 is 5.32 Å². The van der Waals surface area contributed by atoms with E-state index in [0.29, 0.717) is 0 Å². The molecule has 2 aromatic rings. The Balaban J connectivity index is 2.40. The summed E-state index contributed by atoms with van der Waals surface area (Å²) in [6, 6.07) is 4.50. The zero-order valence-corrected chi connectivity index (χ0v) is 9.08. The van der Waals surface area contributed by atoms with Crippen LogP contribution in [0.4, 0.5) is 13.2 Å². The van der Waals surface area contributed by atoms with Gasteiger partial charge in [0.15, 0.2) is 0 Å². The number of alkyl halides is 3. The maximum Gasteiger partial charge on any atom is 0.449 e. The highest BCUT2D eigenvalue weighted by Crippen LogP contribution is 2.33. The van der Waals surface area contributed by atoms with Gasteiger partial charge in [0.1, 0.15) is 0 Å². The molecule has 1 N–H and O–H groups in total. The predicted octanol–water partition coefficient (Wildman–Crippen LogP) is 1.80. The summed E-state index contributed by atoms with van der Waals surface area (Å²) in [5.74, 6) is -1.32. The third kappa shape index (κ3) is 1.47. The molecule has 1 amide bonds. The van der Waals surface area contributed by atoms with E-state index in [2.05, 4.69) is 10.3 Å². The number of carbonyl (C=O) groups is 1. The van der Waals surface area contributed by atoms with Gasteiger partial charge in [0.2, 0.25) is 5.82 Å². The summed E-state index contributed by atoms with van der Waals surface area (Å²) < 4.78 is 39.7. The van der Waals surface area contributed by atoms with E-state index in [9.17, 15) is 18.0 Å². The number of hydrogen-bond acceptors (Lipinski definition) is 2. The highest BCUT2D eigenvalue weighted by atomic mass is 19.4. The number of amides is 1. The molecular formula is C11H8F3N3O. The fourth-order valence-corrected chi connectivity index (χ4v) is 2.18. The van der Waals surface area contributed by atoms with Crippen LogP contribution in [0.15, 0.2) is 18.2 Å². The first-order chi connectivity index (χ1) is 8.48. The van der Waals surface area contributed by atoms with Gasteiger partial charge in [-0.2, -0.15) is 13.2 Å². The predicted molar refractivity (Wildman–Crippen MR) is 57.1 cm³/mol. The molecule has 0 atom stereocenters. The van der Waals surface area contributed by atoms with Crippen molar-refractivity contribution in [3.63, 3.8) is 0 Å². The van der Waals surface area contributed by atoms with Crippen LogP contribution in [-0.2, 0) is 12.7 Å². The van der Waals surface area contributed by atoms with Crippen LogP contribution in [0.3, 0.4) is 0 Å². The van der Waals surface area contributed by atoms with E-state index >= 15 is 0 Å². The van der Waals surface area contributed by atoms with Gasteiger partial charge in [0, 0.05) is 13.1 Å². The van der Waals surface area contributed by atoms with E-state index in [4.69, 9.17) is 0 Å². The van der Waals surface area contributed by atoms with Crippen molar-refractivity contribution in [3.8, 4) is 0 Å². The van der Waals surface area contributed by atoms with E-state index in [-0.39, 0.29) is 35.6 Å². The van der Waals surface area contributed by atoms with Gasteiger partial charge in [-0.3, -0.25) is 4.79 Å². The first-order valence-electron chi connectivity index (χ1n) is 5.33. The average Bonchev–Trinajstić information content (AvgIpc) is 2.59. The zero-order chi connectivity index (χ0) is 12.9. The molecule has 1 aromatic carbocycles. The van der Waals surface area contributed by atoms with Crippen molar-refractivity contribution in [2.45, 2.75) is 12.7 Å². The first-order valence-corrected chi connectivity index (χ1v) is 5.33. The topological polar surface area (TPSA) is 46.9 Å². The highest BCUT2D eigenvalue weighted by molar-refractivity contribution is 6.05. The highest BCUT2D eigenvalue weighted by Gasteiger charge is 2.38. The Morgan fingerprint density at radius 3 is 2.83 bits per heavy atom. The molecule has 2 heterocycles. The summed E-state index contributed by atoms with van der Waals surface area (Å²) in [5.41, 5.74) is 0.671. The second-order valence-electron chi connectivity index (χ2n) is 4.01. The molecule has 18 heavy (non-hydrogen) atoms. The number of benzene rings is 1. The minimum absolute atomic E-state index is 0.0636. The molecule has 0 fully saturated rings. The fourth-order valence-electron chi connectivity index (χ4n) is 2.18. The van der Waals surface area contributed by atoms with Crippen molar-refractivity contribution in [3.05, 3.63) is 29.6 Å². The largest absolute Gasteiger partial charge is 0.449 e. The molecule has 0 saturated heterocycles. The average molecular weight is 255 g/mol. The first kappa shape index (κ1) is 11.1. The molecule has 1 aliphatic heterocycles. The molecule has 1 aliphatic rings. The summed E-state index contributed by atoms with van der Waals surface area (Å²) in [4.78, 5) is 15.3. The van der Waals surface area contributed by atoms with Gasteiger partial charge < -0.3 is 9.88 Å². The van der Waals surface area contributed by atoms with Crippen molar-refractivity contribution in [2.75, 3.05) is 6.54 Å². The van der Waals surface area contributed by atoms with Gasteiger partial charge in [-0.15, -0.1) is 0 Å². The van der Waals surface area contributed by atoms with Gasteiger partial charge in [-0.1, -0.05) is 6.07 Å². The van der Waals surface area contributed by atoms with E-state index in [1.54, 1.807) is 0 Å². The molecular weight excluding hydrogens is 247 g/mol. The van der Waals surface area contributed by atoms with Gasteiger partial charge in [0.05, 0.1) is 16.6 Å². The van der Waals surface area contributed by atoms with Crippen LogP contribution in [0, 0.1) is 0 Å². The Bertz CT molecular complexity index is 645. The minimum atomic E-state index is -4.52. The smallest absolute Gasteiger partial charge is 0.350 e. The maximum atomic E-state index is 12.9. The van der Waals surface area contributed by atoms with E-state index in [0.717, 1.165) is 4.57 Å². The summed E-state index contributed by atoms with van der Waals surface area (Å²) in [7, 11) is 0. The normalized spacial score (nSPS) is 15.6. The number of nitrogens with one attached hydrogen (secondary N) is 1. The van der Waals surface area contributed by atoms with Crippen molar-refractivity contribution in [2.24, 2.45) is 0 Å².